The molecule has 2 rings (SSSR count). The number of carboxylic acids is 1. The molecule has 5 N–H and O–H groups in total. The van der Waals surface area contributed by atoms with Crippen molar-refractivity contribution in [1.82, 2.24) is 14.9 Å². The number of aliphatic hydroxyl groups is 2. The SMILES string of the molecule is O=C(O)CNCOC[C@H]1O[C@@H](n2ccc(=O)[nH]c2=S)[C@H](O)[C@@H]1O. The first-order valence-corrected chi connectivity index (χ1v) is 7.14. The monoisotopic (exact) mass is 347 g/mol. The number of H-pyrrole nitrogens is 1. The lowest BCUT2D eigenvalue weighted by atomic mass is 10.1. The summed E-state index contributed by atoms with van der Waals surface area (Å²) in [7, 11) is 0. The number of aliphatic carboxylic acids is 1. The molecule has 0 amide bonds. The largest absolute Gasteiger partial charge is 0.480 e. The van der Waals surface area contributed by atoms with Gasteiger partial charge in [-0.05, 0) is 12.2 Å². The topological polar surface area (TPSA) is 146 Å². The summed E-state index contributed by atoms with van der Waals surface area (Å²) in [5.41, 5.74) is -0.385. The Hall–Kier alpha value is -1.63. The standard InChI is InChI=1S/C12H17N3O7S/c16-7-1-2-15(12(23)14-7)11-10(20)9(19)6(22-11)4-21-5-13-3-8(17)18/h1-2,6,9-11,13,19-20H,3-5H2,(H,17,18)(H,14,16,23)/t6-,9-,10-,11-/m1/s1. The molecule has 2 heterocycles. The van der Waals surface area contributed by atoms with Crippen molar-refractivity contribution in [2.24, 2.45) is 0 Å². The first-order chi connectivity index (χ1) is 10.9. The molecular formula is C12H17N3O7S. The maximum Gasteiger partial charge on any atom is 0.317 e. The summed E-state index contributed by atoms with van der Waals surface area (Å²) < 4.78 is 12.1. The van der Waals surface area contributed by atoms with Crippen molar-refractivity contribution >= 4 is 18.2 Å². The Balaban J connectivity index is 1.94. The fraction of sp³-hybridized carbons (Fsp3) is 0.583. The summed E-state index contributed by atoms with van der Waals surface area (Å²) in [6, 6.07) is 1.22. The number of aromatic amines is 1. The zero-order valence-corrected chi connectivity index (χ0v) is 12.7. The average molecular weight is 347 g/mol. The van der Waals surface area contributed by atoms with Gasteiger partial charge in [0.15, 0.2) is 11.0 Å². The van der Waals surface area contributed by atoms with Crippen LogP contribution in [0, 0.1) is 4.77 Å². The van der Waals surface area contributed by atoms with E-state index in [1.54, 1.807) is 0 Å². The van der Waals surface area contributed by atoms with Crippen LogP contribution in [0.4, 0.5) is 0 Å². The maximum absolute atomic E-state index is 11.2. The Bertz CT molecular complexity index is 661. The fourth-order valence-electron chi connectivity index (χ4n) is 2.13. The zero-order valence-electron chi connectivity index (χ0n) is 11.9. The molecule has 1 saturated heterocycles. The molecular weight excluding hydrogens is 330 g/mol. The quantitative estimate of drug-likeness (QED) is 0.218. The van der Waals surface area contributed by atoms with Gasteiger partial charge in [0, 0.05) is 12.3 Å². The zero-order chi connectivity index (χ0) is 17.0. The number of aromatic nitrogens is 2. The summed E-state index contributed by atoms with van der Waals surface area (Å²) in [4.78, 5) is 23.9. The van der Waals surface area contributed by atoms with Crippen LogP contribution in [0.1, 0.15) is 6.23 Å². The number of nitrogens with zero attached hydrogens (tertiary/aromatic N) is 1. The molecule has 23 heavy (non-hydrogen) atoms. The highest BCUT2D eigenvalue weighted by Gasteiger charge is 2.43. The lowest BCUT2D eigenvalue weighted by Crippen LogP contribution is -2.35. The number of carbonyl (C=O) groups is 1. The molecule has 1 aromatic rings. The van der Waals surface area contributed by atoms with Crippen LogP contribution in [0.5, 0.6) is 0 Å². The van der Waals surface area contributed by atoms with Gasteiger partial charge < -0.3 is 24.8 Å². The highest BCUT2D eigenvalue weighted by molar-refractivity contribution is 7.71. The number of ether oxygens (including phenoxy) is 2. The van der Waals surface area contributed by atoms with Gasteiger partial charge in [0.05, 0.1) is 19.9 Å². The molecule has 10 nitrogen and oxygen atoms in total. The van der Waals surface area contributed by atoms with Crippen molar-refractivity contribution in [3.05, 3.63) is 27.4 Å². The molecule has 0 spiro atoms. The van der Waals surface area contributed by atoms with Crippen LogP contribution in [0.15, 0.2) is 17.1 Å². The van der Waals surface area contributed by atoms with Gasteiger partial charge in [-0.15, -0.1) is 0 Å². The summed E-state index contributed by atoms with van der Waals surface area (Å²) >= 11 is 4.99. The van der Waals surface area contributed by atoms with Gasteiger partial charge in [0.25, 0.3) is 5.56 Å². The first-order valence-electron chi connectivity index (χ1n) is 6.73. The van der Waals surface area contributed by atoms with Gasteiger partial charge >= 0.3 is 5.97 Å². The number of rotatable bonds is 7. The van der Waals surface area contributed by atoms with E-state index in [4.69, 9.17) is 26.8 Å². The lowest BCUT2D eigenvalue weighted by Gasteiger charge is -2.17. The predicted molar refractivity (Wildman–Crippen MR) is 78.3 cm³/mol. The van der Waals surface area contributed by atoms with Crippen molar-refractivity contribution in [1.29, 1.82) is 0 Å². The molecule has 0 unspecified atom stereocenters. The van der Waals surface area contributed by atoms with Gasteiger partial charge in [0.2, 0.25) is 0 Å². The average Bonchev–Trinajstić information content (AvgIpc) is 2.75. The molecule has 0 aliphatic carbocycles. The predicted octanol–water partition coefficient (Wildman–Crippen LogP) is -1.83. The Morgan fingerprint density at radius 3 is 2.87 bits per heavy atom. The molecule has 4 atom stereocenters. The van der Waals surface area contributed by atoms with Crippen molar-refractivity contribution in [3.63, 3.8) is 0 Å². The van der Waals surface area contributed by atoms with Crippen LogP contribution in [0.3, 0.4) is 0 Å². The molecule has 0 aromatic carbocycles. The van der Waals surface area contributed by atoms with Crippen molar-refractivity contribution in [2.45, 2.75) is 24.5 Å². The highest BCUT2D eigenvalue weighted by Crippen LogP contribution is 2.29. The van der Waals surface area contributed by atoms with E-state index in [-0.39, 0.29) is 30.2 Å². The van der Waals surface area contributed by atoms with Crippen LogP contribution in [0.25, 0.3) is 0 Å². The van der Waals surface area contributed by atoms with E-state index in [2.05, 4.69) is 10.3 Å². The Morgan fingerprint density at radius 1 is 1.48 bits per heavy atom. The van der Waals surface area contributed by atoms with Crippen LogP contribution < -0.4 is 10.9 Å². The van der Waals surface area contributed by atoms with E-state index >= 15 is 0 Å². The van der Waals surface area contributed by atoms with E-state index < -0.39 is 30.5 Å². The van der Waals surface area contributed by atoms with E-state index in [1.165, 1.54) is 16.8 Å². The molecule has 1 aliphatic heterocycles. The second kappa shape index (κ2) is 7.77. The molecule has 0 saturated carbocycles. The van der Waals surface area contributed by atoms with Crippen LogP contribution in [0.2, 0.25) is 0 Å². The number of carboxylic acid groups (broad SMARTS) is 1. The van der Waals surface area contributed by atoms with Crippen LogP contribution >= 0.6 is 12.2 Å². The molecule has 11 heteroatoms. The normalized spacial score (nSPS) is 27.2. The summed E-state index contributed by atoms with van der Waals surface area (Å²) in [5.74, 6) is -1.02. The summed E-state index contributed by atoms with van der Waals surface area (Å²) in [6.45, 7) is -0.360. The first kappa shape index (κ1) is 17.7. The van der Waals surface area contributed by atoms with Gasteiger partial charge in [0.1, 0.15) is 18.3 Å². The number of aliphatic hydroxyl groups excluding tert-OH is 2. The third-order valence-corrected chi connectivity index (χ3v) is 3.54. The van der Waals surface area contributed by atoms with E-state index in [0.29, 0.717) is 0 Å². The fourth-order valence-corrected chi connectivity index (χ4v) is 2.39. The second-order valence-corrected chi connectivity index (χ2v) is 5.29. The molecule has 0 radical (unpaired) electrons. The molecule has 1 aliphatic rings. The van der Waals surface area contributed by atoms with Crippen molar-refractivity contribution < 1.29 is 29.6 Å². The third kappa shape index (κ3) is 4.43. The van der Waals surface area contributed by atoms with Crippen LogP contribution in [-0.2, 0) is 14.3 Å². The minimum Gasteiger partial charge on any atom is -0.480 e. The minimum atomic E-state index is -1.26. The van der Waals surface area contributed by atoms with Crippen molar-refractivity contribution in [3.8, 4) is 0 Å². The molecule has 128 valence electrons. The summed E-state index contributed by atoms with van der Waals surface area (Å²) in [6.07, 6.45) is -2.90. The van der Waals surface area contributed by atoms with Crippen LogP contribution in [-0.4, -0.2) is 69.0 Å². The summed E-state index contributed by atoms with van der Waals surface area (Å²) in [5, 5.41) is 31.0. The molecule has 1 aromatic heterocycles. The van der Waals surface area contributed by atoms with Gasteiger partial charge in [-0.25, -0.2) is 0 Å². The second-order valence-electron chi connectivity index (χ2n) is 4.90. The number of hydrogen-bond donors (Lipinski definition) is 5. The van der Waals surface area contributed by atoms with Gasteiger partial charge in [-0.1, -0.05) is 0 Å². The minimum absolute atomic E-state index is 0.0439. The Labute approximate surface area is 135 Å². The highest BCUT2D eigenvalue weighted by atomic mass is 32.1. The maximum atomic E-state index is 11.2. The van der Waals surface area contributed by atoms with Crippen molar-refractivity contribution in [2.75, 3.05) is 19.9 Å². The van der Waals surface area contributed by atoms with Gasteiger partial charge in [-0.2, -0.15) is 0 Å². The third-order valence-electron chi connectivity index (χ3n) is 3.22. The van der Waals surface area contributed by atoms with E-state index in [9.17, 15) is 19.8 Å². The number of hydrogen-bond acceptors (Lipinski definition) is 8. The smallest absolute Gasteiger partial charge is 0.317 e. The van der Waals surface area contributed by atoms with E-state index in [0.717, 1.165) is 0 Å². The molecule has 1 fully saturated rings. The lowest BCUT2D eigenvalue weighted by molar-refractivity contribution is -0.136. The number of nitrogens with one attached hydrogen (secondary N) is 2. The van der Waals surface area contributed by atoms with Gasteiger partial charge in [-0.3, -0.25) is 24.5 Å². The van der Waals surface area contributed by atoms with E-state index in [1.807, 2.05) is 0 Å². The molecule has 0 bridgehead atoms. The Kier molecular flexibility index (Phi) is 5.98. The Morgan fingerprint density at radius 2 is 2.22 bits per heavy atom.